The molecule has 0 atom stereocenters. The first-order valence-corrected chi connectivity index (χ1v) is 11.9. The van der Waals surface area contributed by atoms with Gasteiger partial charge in [-0.2, -0.15) is 0 Å². The number of benzene rings is 2. The third-order valence-corrected chi connectivity index (χ3v) is 6.48. The Morgan fingerprint density at radius 1 is 0.939 bits per heavy atom. The molecule has 1 saturated heterocycles. The fourth-order valence-corrected chi connectivity index (χ4v) is 4.41. The van der Waals surface area contributed by atoms with Crippen molar-refractivity contribution in [3.05, 3.63) is 64.7 Å². The second kappa shape index (κ2) is 13.2. The Morgan fingerprint density at radius 2 is 1.64 bits per heavy atom. The number of fused-ring (bicyclic) bond motifs is 1. The lowest BCUT2D eigenvalue weighted by Crippen LogP contribution is -2.45. The lowest BCUT2D eigenvalue weighted by Gasteiger charge is -2.34. The van der Waals surface area contributed by atoms with E-state index in [4.69, 9.17) is 4.74 Å². The van der Waals surface area contributed by atoms with Gasteiger partial charge < -0.3 is 20.3 Å². The molecule has 33 heavy (non-hydrogen) atoms. The van der Waals surface area contributed by atoms with Gasteiger partial charge in [-0.25, -0.2) is 0 Å². The van der Waals surface area contributed by atoms with Crippen LogP contribution in [0.5, 0.6) is 5.75 Å². The largest absolute Gasteiger partial charge is 0.493 e. The third-order valence-electron chi connectivity index (χ3n) is 6.48. The minimum atomic E-state index is 0. The van der Waals surface area contributed by atoms with Crippen molar-refractivity contribution in [1.29, 1.82) is 0 Å². The first-order valence-electron chi connectivity index (χ1n) is 11.9. The summed E-state index contributed by atoms with van der Waals surface area (Å²) < 4.78 is 5.59. The van der Waals surface area contributed by atoms with E-state index < -0.39 is 0 Å². The second-order valence-corrected chi connectivity index (χ2v) is 8.67. The van der Waals surface area contributed by atoms with Crippen molar-refractivity contribution >= 4 is 29.9 Å². The summed E-state index contributed by atoms with van der Waals surface area (Å²) in [6, 6.07) is 15.5. The molecule has 0 aromatic heterocycles. The Hall–Kier alpha value is -1.84. The molecule has 0 radical (unpaired) electrons. The lowest BCUT2D eigenvalue weighted by atomic mass is 10.1. The lowest BCUT2D eigenvalue weighted by molar-refractivity contribution is 0.132. The van der Waals surface area contributed by atoms with Gasteiger partial charge in [0.2, 0.25) is 0 Å². The number of nitrogens with one attached hydrogen (secondary N) is 2. The molecule has 2 aliphatic rings. The van der Waals surface area contributed by atoms with E-state index in [0.29, 0.717) is 0 Å². The highest BCUT2D eigenvalue weighted by Gasteiger charge is 2.15. The van der Waals surface area contributed by atoms with Crippen molar-refractivity contribution in [2.24, 2.45) is 4.99 Å². The summed E-state index contributed by atoms with van der Waals surface area (Å²) in [6.07, 6.45) is 1.99. The average molecular weight is 564 g/mol. The molecule has 6 nitrogen and oxygen atoms in total. The summed E-state index contributed by atoms with van der Waals surface area (Å²) >= 11 is 0. The van der Waals surface area contributed by atoms with Gasteiger partial charge in [0, 0.05) is 59.3 Å². The van der Waals surface area contributed by atoms with Crippen LogP contribution >= 0.6 is 24.0 Å². The molecule has 1 fully saturated rings. The number of ether oxygens (including phenoxy) is 1. The van der Waals surface area contributed by atoms with Crippen molar-refractivity contribution in [3.8, 4) is 5.75 Å². The van der Waals surface area contributed by atoms with Crippen LogP contribution in [0.15, 0.2) is 47.5 Å². The SMILES string of the molecule is CCN1CCN(Cc2ccc(CNC(=NC)NCCc3ccc4c(c3)CCO4)cc2)CC1.I. The van der Waals surface area contributed by atoms with Crippen molar-refractivity contribution in [2.45, 2.75) is 32.9 Å². The summed E-state index contributed by atoms with van der Waals surface area (Å²) in [5.41, 5.74) is 5.33. The van der Waals surface area contributed by atoms with Gasteiger partial charge in [0.15, 0.2) is 5.96 Å². The van der Waals surface area contributed by atoms with Gasteiger partial charge >= 0.3 is 0 Å². The molecule has 0 spiro atoms. The smallest absolute Gasteiger partial charge is 0.191 e. The standard InChI is InChI=1S/C26H37N5O.HI/c1-3-30-13-15-31(16-14-30)20-23-6-4-22(5-7-23)19-29-26(27-2)28-12-10-21-8-9-25-24(18-21)11-17-32-25;/h4-9,18H,3,10-17,19-20H2,1-2H3,(H2,27,28,29);1H. The van der Waals surface area contributed by atoms with Crippen LogP contribution in [0, 0.1) is 0 Å². The Balaban J connectivity index is 0.00000306. The van der Waals surface area contributed by atoms with Gasteiger partial charge in [0.25, 0.3) is 0 Å². The minimum Gasteiger partial charge on any atom is -0.493 e. The normalized spacial score (nSPS) is 16.6. The van der Waals surface area contributed by atoms with Crippen LogP contribution in [0.4, 0.5) is 0 Å². The maximum atomic E-state index is 5.59. The van der Waals surface area contributed by atoms with Crippen molar-refractivity contribution in [3.63, 3.8) is 0 Å². The minimum absolute atomic E-state index is 0. The van der Waals surface area contributed by atoms with E-state index in [1.807, 2.05) is 7.05 Å². The molecule has 180 valence electrons. The number of likely N-dealkylation sites (N-methyl/N-ethyl adjacent to an activating group) is 1. The number of hydrogen-bond acceptors (Lipinski definition) is 4. The van der Waals surface area contributed by atoms with Gasteiger partial charge in [-0.15, -0.1) is 24.0 Å². The van der Waals surface area contributed by atoms with Gasteiger partial charge in [0.05, 0.1) is 6.61 Å². The Bertz CT molecular complexity index is 894. The number of nitrogens with zero attached hydrogens (tertiary/aromatic N) is 3. The molecule has 2 aromatic carbocycles. The van der Waals surface area contributed by atoms with Crippen LogP contribution < -0.4 is 15.4 Å². The Morgan fingerprint density at radius 3 is 2.36 bits per heavy atom. The molecule has 4 rings (SSSR count). The van der Waals surface area contributed by atoms with Gasteiger partial charge in [-0.3, -0.25) is 9.89 Å². The molecule has 2 aliphatic heterocycles. The maximum absolute atomic E-state index is 5.59. The number of piperazine rings is 1. The van der Waals surface area contributed by atoms with Crippen LogP contribution in [0.3, 0.4) is 0 Å². The predicted octanol–water partition coefficient (Wildman–Crippen LogP) is 3.28. The van der Waals surface area contributed by atoms with Crippen LogP contribution in [-0.2, 0) is 25.9 Å². The molecule has 7 heteroatoms. The van der Waals surface area contributed by atoms with Crippen LogP contribution in [-0.4, -0.2) is 68.7 Å². The zero-order chi connectivity index (χ0) is 22.2. The van der Waals surface area contributed by atoms with Crippen molar-refractivity contribution in [1.82, 2.24) is 20.4 Å². The van der Waals surface area contributed by atoms with E-state index in [2.05, 4.69) is 74.8 Å². The maximum Gasteiger partial charge on any atom is 0.191 e. The monoisotopic (exact) mass is 563 g/mol. The summed E-state index contributed by atoms with van der Waals surface area (Å²) in [4.78, 5) is 9.44. The van der Waals surface area contributed by atoms with Crippen molar-refractivity contribution in [2.75, 3.05) is 52.9 Å². The molecular formula is C26H38IN5O. The molecule has 2 N–H and O–H groups in total. The summed E-state index contributed by atoms with van der Waals surface area (Å²) in [5.74, 6) is 1.89. The summed E-state index contributed by atoms with van der Waals surface area (Å²) in [5, 5.41) is 6.86. The van der Waals surface area contributed by atoms with Gasteiger partial charge in [0.1, 0.15) is 5.75 Å². The molecule has 0 amide bonds. The number of guanidine groups is 1. The predicted molar refractivity (Wildman–Crippen MR) is 147 cm³/mol. The molecular weight excluding hydrogens is 525 g/mol. The summed E-state index contributed by atoms with van der Waals surface area (Å²) in [6.45, 7) is 11.6. The van der Waals surface area contributed by atoms with Crippen LogP contribution in [0.2, 0.25) is 0 Å². The average Bonchev–Trinajstić information content (AvgIpc) is 3.31. The van der Waals surface area contributed by atoms with E-state index in [0.717, 1.165) is 57.3 Å². The van der Waals surface area contributed by atoms with E-state index in [1.165, 1.54) is 48.4 Å². The van der Waals surface area contributed by atoms with E-state index in [-0.39, 0.29) is 24.0 Å². The molecule has 0 unspecified atom stereocenters. The molecule has 2 aromatic rings. The van der Waals surface area contributed by atoms with Crippen LogP contribution in [0.1, 0.15) is 29.2 Å². The first-order chi connectivity index (χ1) is 15.7. The topological polar surface area (TPSA) is 52.1 Å². The zero-order valence-electron chi connectivity index (χ0n) is 20.0. The van der Waals surface area contributed by atoms with Gasteiger partial charge in [-0.1, -0.05) is 43.3 Å². The van der Waals surface area contributed by atoms with E-state index >= 15 is 0 Å². The first kappa shape index (κ1) is 25.8. The highest BCUT2D eigenvalue weighted by Crippen LogP contribution is 2.25. The zero-order valence-corrected chi connectivity index (χ0v) is 22.3. The molecule has 0 bridgehead atoms. The highest BCUT2D eigenvalue weighted by atomic mass is 127. The molecule has 0 aliphatic carbocycles. The third kappa shape index (κ3) is 7.58. The second-order valence-electron chi connectivity index (χ2n) is 8.67. The highest BCUT2D eigenvalue weighted by molar-refractivity contribution is 14.0. The fourth-order valence-electron chi connectivity index (χ4n) is 4.41. The molecule has 0 saturated carbocycles. The Kier molecular flexibility index (Phi) is 10.3. The van der Waals surface area contributed by atoms with Crippen LogP contribution in [0.25, 0.3) is 0 Å². The fraction of sp³-hybridized carbons (Fsp3) is 0.500. The van der Waals surface area contributed by atoms with E-state index in [9.17, 15) is 0 Å². The van der Waals surface area contributed by atoms with E-state index in [1.54, 1.807) is 0 Å². The Labute approximate surface area is 215 Å². The number of aliphatic imine (C=N–C) groups is 1. The number of halogens is 1. The van der Waals surface area contributed by atoms with Gasteiger partial charge in [-0.05, 0) is 41.3 Å². The quantitative estimate of drug-likeness (QED) is 0.294. The number of rotatable bonds is 8. The summed E-state index contributed by atoms with van der Waals surface area (Å²) in [7, 11) is 1.82. The molecule has 2 heterocycles. The number of hydrogen-bond donors (Lipinski definition) is 2. The van der Waals surface area contributed by atoms with Crippen molar-refractivity contribution < 1.29 is 4.74 Å².